The maximum atomic E-state index is 10.8. The van der Waals surface area contributed by atoms with Gasteiger partial charge in [0.05, 0.1) is 6.10 Å². The second kappa shape index (κ2) is 5.22. The molecule has 0 amide bonds. The van der Waals surface area contributed by atoms with Crippen molar-refractivity contribution >= 4 is 5.97 Å². The van der Waals surface area contributed by atoms with Gasteiger partial charge in [-0.3, -0.25) is 4.79 Å². The fourth-order valence-corrected chi connectivity index (χ4v) is 1.82. The van der Waals surface area contributed by atoms with Crippen molar-refractivity contribution in [1.82, 2.24) is 0 Å². The van der Waals surface area contributed by atoms with Gasteiger partial charge < -0.3 is 9.47 Å². The molecule has 0 aromatic heterocycles. The van der Waals surface area contributed by atoms with Crippen molar-refractivity contribution in [3.63, 3.8) is 0 Å². The van der Waals surface area contributed by atoms with Crippen LogP contribution in [0.15, 0.2) is 0 Å². The number of rotatable bonds is 3. The van der Waals surface area contributed by atoms with Crippen LogP contribution in [0.5, 0.6) is 0 Å². The van der Waals surface area contributed by atoms with Crippen molar-refractivity contribution in [2.75, 3.05) is 6.61 Å². The molecule has 2 atom stereocenters. The van der Waals surface area contributed by atoms with E-state index in [0.717, 1.165) is 19.3 Å². The Morgan fingerprint density at radius 3 is 2.46 bits per heavy atom. The number of hydrogen-bond acceptors (Lipinski definition) is 3. The van der Waals surface area contributed by atoms with Crippen LogP contribution in [0.4, 0.5) is 0 Å². The second-order valence-electron chi connectivity index (χ2n) is 3.43. The summed E-state index contributed by atoms with van der Waals surface area (Å²) in [5, 5.41) is 0. The quantitative estimate of drug-likeness (QED) is 0.631. The average molecular weight is 186 g/mol. The first kappa shape index (κ1) is 10.5. The van der Waals surface area contributed by atoms with Crippen molar-refractivity contribution in [2.24, 2.45) is 0 Å². The van der Waals surface area contributed by atoms with Crippen molar-refractivity contribution in [3.05, 3.63) is 0 Å². The standard InChI is InChI=1S/C10H18O3/c1-3-12-9-6-4-5-7-10(9)13-8(2)11/h9-10H,3-7H2,1-2H3. The Morgan fingerprint density at radius 1 is 1.31 bits per heavy atom. The van der Waals surface area contributed by atoms with Crippen LogP contribution in [-0.4, -0.2) is 24.8 Å². The number of ether oxygens (including phenoxy) is 2. The summed E-state index contributed by atoms with van der Waals surface area (Å²) < 4.78 is 10.7. The normalized spacial score (nSPS) is 28.5. The van der Waals surface area contributed by atoms with Gasteiger partial charge in [-0.05, 0) is 26.2 Å². The highest BCUT2D eigenvalue weighted by molar-refractivity contribution is 5.66. The third-order valence-electron chi connectivity index (χ3n) is 2.34. The number of hydrogen-bond donors (Lipinski definition) is 0. The maximum Gasteiger partial charge on any atom is 0.302 e. The highest BCUT2D eigenvalue weighted by Gasteiger charge is 2.27. The van der Waals surface area contributed by atoms with E-state index < -0.39 is 0 Å². The molecule has 1 aliphatic rings. The minimum absolute atomic E-state index is 0.00815. The van der Waals surface area contributed by atoms with Gasteiger partial charge in [-0.1, -0.05) is 6.42 Å². The number of carbonyl (C=O) groups is 1. The number of esters is 1. The molecule has 3 heteroatoms. The highest BCUT2D eigenvalue weighted by atomic mass is 16.6. The molecule has 3 nitrogen and oxygen atoms in total. The molecule has 1 rings (SSSR count). The molecule has 0 radical (unpaired) electrons. The first-order valence-corrected chi connectivity index (χ1v) is 5.03. The Morgan fingerprint density at radius 2 is 1.92 bits per heavy atom. The van der Waals surface area contributed by atoms with Crippen LogP contribution in [0, 0.1) is 0 Å². The zero-order valence-electron chi connectivity index (χ0n) is 8.41. The molecule has 1 saturated carbocycles. The van der Waals surface area contributed by atoms with E-state index in [-0.39, 0.29) is 18.2 Å². The molecule has 0 aliphatic heterocycles. The smallest absolute Gasteiger partial charge is 0.302 e. The van der Waals surface area contributed by atoms with Crippen molar-refractivity contribution < 1.29 is 14.3 Å². The molecule has 13 heavy (non-hydrogen) atoms. The Balaban J connectivity index is 2.41. The third-order valence-corrected chi connectivity index (χ3v) is 2.34. The average Bonchev–Trinajstić information content (AvgIpc) is 2.08. The molecule has 1 fully saturated rings. The van der Waals surface area contributed by atoms with Gasteiger partial charge in [0.1, 0.15) is 6.10 Å². The fourth-order valence-electron chi connectivity index (χ4n) is 1.82. The van der Waals surface area contributed by atoms with E-state index in [4.69, 9.17) is 9.47 Å². The topological polar surface area (TPSA) is 35.5 Å². The largest absolute Gasteiger partial charge is 0.460 e. The lowest BCUT2D eigenvalue weighted by Crippen LogP contribution is -2.35. The fraction of sp³-hybridized carbons (Fsp3) is 0.900. The van der Waals surface area contributed by atoms with Gasteiger partial charge >= 0.3 is 5.97 Å². The predicted molar refractivity (Wildman–Crippen MR) is 49.4 cm³/mol. The SMILES string of the molecule is CCOC1CCCCC1OC(C)=O. The molecule has 76 valence electrons. The second-order valence-corrected chi connectivity index (χ2v) is 3.43. The molecular formula is C10H18O3. The van der Waals surface area contributed by atoms with Crippen LogP contribution in [0.25, 0.3) is 0 Å². The van der Waals surface area contributed by atoms with E-state index in [1.54, 1.807) is 0 Å². The zero-order valence-corrected chi connectivity index (χ0v) is 8.41. The minimum Gasteiger partial charge on any atom is -0.460 e. The molecule has 0 spiro atoms. The molecule has 0 aromatic carbocycles. The highest BCUT2D eigenvalue weighted by Crippen LogP contribution is 2.23. The summed E-state index contributed by atoms with van der Waals surface area (Å²) in [6, 6.07) is 0. The molecule has 0 N–H and O–H groups in total. The van der Waals surface area contributed by atoms with E-state index in [0.29, 0.717) is 6.61 Å². The first-order chi connectivity index (χ1) is 6.24. The van der Waals surface area contributed by atoms with Crippen LogP contribution in [0.3, 0.4) is 0 Å². The van der Waals surface area contributed by atoms with Gasteiger partial charge in [-0.25, -0.2) is 0 Å². The molecule has 0 heterocycles. The Labute approximate surface area is 79.4 Å². The van der Waals surface area contributed by atoms with Gasteiger partial charge in [0.25, 0.3) is 0 Å². The summed E-state index contributed by atoms with van der Waals surface area (Å²) >= 11 is 0. The number of carbonyl (C=O) groups excluding carboxylic acids is 1. The maximum absolute atomic E-state index is 10.8. The van der Waals surface area contributed by atoms with Crippen LogP contribution < -0.4 is 0 Å². The van der Waals surface area contributed by atoms with Crippen molar-refractivity contribution in [3.8, 4) is 0 Å². The predicted octanol–water partition coefficient (Wildman–Crippen LogP) is 1.90. The van der Waals surface area contributed by atoms with Crippen LogP contribution in [0.2, 0.25) is 0 Å². The monoisotopic (exact) mass is 186 g/mol. The third kappa shape index (κ3) is 3.35. The van der Waals surface area contributed by atoms with E-state index in [1.165, 1.54) is 13.3 Å². The van der Waals surface area contributed by atoms with E-state index >= 15 is 0 Å². The van der Waals surface area contributed by atoms with Gasteiger partial charge in [-0.2, -0.15) is 0 Å². The molecule has 0 bridgehead atoms. The van der Waals surface area contributed by atoms with E-state index in [2.05, 4.69) is 0 Å². The van der Waals surface area contributed by atoms with Gasteiger partial charge in [0.15, 0.2) is 0 Å². The van der Waals surface area contributed by atoms with Crippen molar-refractivity contribution in [2.45, 2.75) is 51.7 Å². The summed E-state index contributed by atoms with van der Waals surface area (Å²) in [6.07, 6.45) is 4.41. The van der Waals surface area contributed by atoms with Gasteiger partial charge in [0, 0.05) is 13.5 Å². The lowest BCUT2D eigenvalue weighted by Gasteiger charge is -2.30. The summed E-state index contributed by atoms with van der Waals surface area (Å²) in [5.41, 5.74) is 0. The summed E-state index contributed by atoms with van der Waals surface area (Å²) in [7, 11) is 0. The molecular weight excluding hydrogens is 168 g/mol. The molecule has 0 aromatic rings. The van der Waals surface area contributed by atoms with Gasteiger partial charge in [0.2, 0.25) is 0 Å². The lowest BCUT2D eigenvalue weighted by molar-refractivity contribution is -0.158. The molecule has 1 aliphatic carbocycles. The lowest BCUT2D eigenvalue weighted by atomic mass is 9.94. The Kier molecular flexibility index (Phi) is 4.22. The summed E-state index contributed by atoms with van der Waals surface area (Å²) in [4.78, 5) is 10.8. The summed E-state index contributed by atoms with van der Waals surface area (Å²) in [6.45, 7) is 4.12. The molecule has 2 unspecified atom stereocenters. The van der Waals surface area contributed by atoms with Gasteiger partial charge in [-0.15, -0.1) is 0 Å². The van der Waals surface area contributed by atoms with Crippen LogP contribution >= 0.6 is 0 Å². The Hall–Kier alpha value is -0.570. The first-order valence-electron chi connectivity index (χ1n) is 5.03. The zero-order chi connectivity index (χ0) is 9.68. The summed E-state index contributed by atoms with van der Waals surface area (Å²) in [5.74, 6) is -0.198. The minimum atomic E-state index is -0.198. The van der Waals surface area contributed by atoms with Crippen molar-refractivity contribution in [1.29, 1.82) is 0 Å². The van der Waals surface area contributed by atoms with E-state index in [1.807, 2.05) is 6.92 Å². The molecule has 0 saturated heterocycles. The van der Waals surface area contributed by atoms with Crippen LogP contribution in [0.1, 0.15) is 39.5 Å². The Bertz CT molecular complexity index is 166. The van der Waals surface area contributed by atoms with Crippen LogP contribution in [-0.2, 0) is 14.3 Å². The van der Waals surface area contributed by atoms with E-state index in [9.17, 15) is 4.79 Å².